The van der Waals surface area contributed by atoms with Crippen molar-refractivity contribution in [1.82, 2.24) is 10.2 Å². The van der Waals surface area contributed by atoms with Crippen LogP contribution in [-0.2, 0) is 0 Å². The fourth-order valence-corrected chi connectivity index (χ4v) is 2.43. The first kappa shape index (κ1) is 10.8. The number of carbonyl (C=O) groups excluding carboxylic acids is 1. The molecule has 1 aromatic rings. The lowest BCUT2D eigenvalue weighted by atomic mass is 10.3. The van der Waals surface area contributed by atoms with Crippen molar-refractivity contribution < 1.29 is 4.79 Å². The topological polar surface area (TPSA) is 32.3 Å². The molecule has 0 atom stereocenters. The molecule has 1 aromatic heterocycles. The van der Waals surface area contributed by atoms with Crippen molar-refractivity contribution >= 4 is 17.1 Å². The fraction of sp³-hybridized carbons (Fsp3) is 0.545. The van der Waals surface area contributed by atoms with Crippen LogP contribution in [0.2, 0.25) is 0 Å². The van der Waals surface area contributed by atoms with E-state index in [-0.39, 0.29) is 5.78 Å². The van der Waals surface area contributed by atoms with Crippen LogP contribution in [-0.4, -0.2) is 43.4 Å². The minimum atomic E-state index is 0.256. The minimum absolute atomic E-state index is 0.256. The van der Waals surface area contributed by atoms with Gasteiger partial charge in [0.15, 0.2) is 5.78 Å². The zero-order valence-electron chi connectivity index (χ0n) is 8.74. The van der Waals surface area contributed by atoms with Crippen LogP contribution in [0.5, 0.6) is 0 Å². The molecule has 0 bridgehead atoms. The zero-order chi connectivity index (χ0) is 10.5. The Hall–Kier alpha value is -0.710. The first-order valence-electron chi connectivity index (χ1n) is 5.36. The van der Waals surface area contributed by atoms with Crippen molar-refractivity contribution in [1.29, 1.82) is 0 Å². The van der Waals surface area contributed by atoms with Crippen LogP contribution in [0.25, 0.3) is 0 Å². The van der Waals surface area contributed by atoms with Gasteiger partial charge >= 0.3 is 0 Å². The lowest BCUT2D eigenvalue weighted by molar-refractivity contribution is 0.0939. The van der Waals surface area contributed by atoms with Crippen molar-refractivity contribution in [2.24, 2.45) is 0 Å². The molecule has 1 aliphatic heterocycles. The van der Waals surface area contributed by atoms with Gasteiger partial charge in [0.25, 0.3) is 0 Å². The SMILES string of the molecule is O=C(CN1CCCNCC1)c1cccs1. The summed E-state index contributed by atoms with van der Waals surface area (Å²) in [4.78, 5) is 15.0. The first-order chi connectivity index (χ1) is 7.36. The molecule has 0 unspecified atom stereocenters. The highest BCUT2D eigenvalue weighted by atomic mass is 32.1. The van der Waals surface area contributed by atoms with Crippen molar-refractivity contribution in [2.45, 2.75) is 6.42 Å². The van der Waals surface area contributed by atoms with E-state index in [2.05, 4.69) is 10.2 Å². The van der Waals surface area contributed by atoms with Gasteiger partial charge in [-0.1, -0.05) is 6.07 Å². The molecule has 0 aromatic carbocycles. The van der Waals surface area contributed by atoms with Gasteiger partial charge in [-0.15, -0.1) is 11.3 Å². The summed E-state index contributed by atoms with van der Waals surface area (Å²) in [5.74, 6) is 0.256. The van der Waals surface area contributed by atoms with Crippen molar-refractivity contribution in [3.8, 4) is 0 Å². The highest BCUT2D eigenvalue weighted by Crippen LogP contribution is 2.10. The maximum atomic E-state index is 11.8. The number of nitrogens with zero attached hydrogens (tertiary/aromatic N) is 1. The molecule has 1 fully saturated rings. The Morgan fingerprint density at radius 1 is 1.47 bits per heavy atom. The molecule has 3 nitrogen and oxygen atoms in total. The second-order valence-corrected chi connectivity index (χ2v) is 4.73. The Labute approximate surface area is 94.1 Å². The summed E-state index contributed by atoms with van der Waals surface area (Å²) in [6.45, 7) is 4.66. The molecule has 82 valence electrons. The lowest BCUT2D eigenvalue weighted by Gasteiger charge is -2.17. The third-order valence-corrected chi connectivity index (χ3v) is 3.51. The van der Waals surface area contributed by atoms with E-state index in [1.165, 1.54) is 11.3 Å². The predicted octanol–water partition coefficient (Wildman–Crippen LogP) is 1.23. The van der Waals surface area contributed by atoms with Gasteiger partial charge in [-0.3, -0.25) is 9.69 Å². The predicted molar refractivity (Wildman–Crippen MR) is 62.6 cm³/mol. The van der Waals surface area contributed by atoms with Crippen LogP contribution in [0.1, 0.15) is 16.1 Å². The smallest absolute Gasteiger partial charge is 0.186 e. The number of ketones is 1. The second kappa shape index (κ2) is 5.39. The Morgan fingerprint density at radius 2 is 2.40 bits per heavy atom. The molecule has 4 heteroatoms. The second-order valence-electron chi connectivity index (χ2n) is 3.78. The Morgan fingerprint density at radius 3 is 3.20 bits per heavy atom. The van der Waals surface area contributed by atoms with Gasteiger partial charge in [0.2, 0.25) is 0 Å². The van der Waals surface area contributed by atoms with Crippen molar-refractivity contribution in [3.63, 3.8) is 0 Å². The number of hydrogen-bond donors (Lipinski definition) is 1. The van der Waals surface area contributed by atoms with Gasteiger partial charge in [0.05, 0.1) is 11.4 Å². The molecule has 0 amide bonds. The molecule has 0 aliphatic carbocycles. The van der Waals surface area contributed by atoms with Crippen LogP contribution in [0.15, 0.2) is 17.5 Å². The van der Waals surface area contributed by atoms with E-state index in [1.807, 2.05) is 17.5 Å². The summed E-state index contributed by atoms with van der Waals surface area (Å²) >= 11 is 1.53. The number of carbonyl (C=O) groups is 1. The van der Waals surface area contributed by atoms with E-state index in [0.29, 0.717) is 6.54 Å². The van der Waals surface area contributed by atoms with Crippen LogP contribution in [0.4, 0.5) is 0 Å². The van der Waals surface area contributed by atoms with Crippen LogP contribution in [0, 0.1) is 0 Å². The van der Waals surface area contributed by atoms with E-state index in [4.69, 9.17) is 0 Å². The van der Waals surface area contributed by atoms with Crippen molar-refractivity contribution in [3.05, 3.63) is 22.4 Å². The van der Waals surface area contributed by atoms with E-state index in [9.17, 15) is 4.79 Å². The monoisotopic (exact) mass is 224 g/mol. The highest BCUT2D eigenvalue weighted by Gasteiger charge is 2.14. The number of rotatable bonds is 3. The maximum Gasteiger partial charge on any atom is 0.186 e. The molecular weight excluding hydrogens is 208 g/mol. The van der Waals surface area contributed by atoms with Crippen LogP contribution in [0.3, 0.4) is 0 Å². The normalized spacial score (nSPS) is 18.7. The Bertz CT molecular complexity index is 302. The molecule has 1 N–H and O–H groups in total. The van der Waals surface area contributed by atoms with Gasteiger partial charge in [-0.05, 0) is 31.0 Å². The number of Topliss-reactive ketones (excluding diaryl/α,β-unsaturated/α-hetero) is 1. The summed E-state index contributed by atoms with van der Waals surface area (Å²) in [6.07, 6.45) is 1.14. The Balaban J connectivity index is 1.87. The van der Waals surface area contributed by atoms with E-state index in [0.717, 1.165) is 37.5 Å². The summed E-state index contributed by atoms with van der Waals surface area (Å²) in [7, 11) is 0. The summed E-state index contributed by atoms with van der Waals surface area (Å²) in [5.41, 5.74) is 0. The van der Waals surface area contributed by atoms with Crippen molar-refractivity contribution in [2.75, 3.05) is 32.7 Å². The largest absolute Gasteiger partial charge is 0.315 e. The number of nitrogens with one attached hydrogen (secondary N) is 1. The molecule has 1 saturated heterocycles. The van der Waals surface area contributed by atoms with Gasteiger partial charge in [0, 0.05) is 13.1 Å². The average Bonchev–Trinajstić information content (AvgIpc) is 2.65. The number of hydrogen-bond acceptors (Lipinski definition) is 4. The first-order valence-corrected chi connectivity index (χ1v) is 6.24. The van der Waals surface area contributed by atoms with Gasteiger partial charge in [-0.2, -0.15) is 0 Å². The molecule has 0 radical (unpaired) electrons. The quantitative estimate of drug-likeness (QED) is 0.784. The molecule has 2 rings (SSSR count). The molecular formula is C11H16N2OS. The highest BCUT2D eigenvalue weighted by molar-refractivity contribution is 7.12. The molecule has 15 heavy (non-hydrogen) atoms. The minimum Gasteiger partial charge on any atom is -0.315 e. The average molecular weight is 224 g/mol. The summed E-state index contributed by atoms with van der Waals surface area (Å²) < 4.78 is 0. The summed E-state index contributed by atoms with van der Waals surface area (Å²) in [5, 5.41) is 5.29. The van der Waals surface area contributed by atoms with E-state index < -0.39 is 0 Å². The van der Waals surface area contributed by atoms with Gasteiger partial charge in [-0.25, -0.2) is 0 Å². The third kappa shape index (κ3) is 3.12. The van der Waals surface area contributed by atoms with Gasteiger partial charge in [0.1, 0.15) is 0 Å². The summed E-state index contributed by atoms with van der Waals surface area (Å²) in [6, 6.07) is 3.84. The molecule has 1 aliphatic rings. The van der Waals surface area contributed by atoms with Crippen LogP contribution < -0.4 is 5.32 Å². The van der Waals surface area contributed by atoms with E-state index >= 15 is 0 Å². The zero-order valence-corrected chi connectivity index (χ0v) is 9.55. The van der Waals surface area contributed by atoms with E-state index in [1.54, 1.807) is 0 Å². The van der Waals surface area contributed by atoms with Gasteiger partial charge < -0.3 is 5.32 Å². The Kier molecular flexibility index (Phi) is 3.88. The molecule has 0 spiro atoms. The standard InChI is InChI=1S/C11H16N2OS/c14-10(11-3-1-8-15-11)9-13-6-2-4-12-5-7-13/h1,3,8,12H,2,4-7,9H2. The van der Waals surface area contributed by atoms with Crippen LogP contribution >= 0.6 is 11.3 Å². The maximum absolute atomic E-state index is 11.8. The molecule has 2 heterocycles. The lowest BCUT2D eigenvalue weighted by Crippen LogP contribution is -2.32. The molecule has 0 saturated carbocycles. The third-order valence-electron chi connectivity index (χ3n) is 2.60. The fourth-order valence-electron chi connectivity index (χ4n) is 1.78. The number of thiophene rings is 1.